The molecule has 0 saturated carbocycles. The highest BCUT2D eigenvalue weighted by atomic mass is 16.1. The Morgan fingerprint density at radius 2 is 2.00 bits per heavy atom. The molecule has 5 heteroatoms. The van der Waals surface area contributed by atoms with Gasteiger partial charge in [0.25, 0.3) is 0 Å². The molecule has 1 unspecified atom stereocenters. The molecule has 1 rings (SSSR count). The lowest BCUT2D eigenvalue weighted by atomic mass is 10.0. The van der Waals surface area contributed by atoms with E-state index in [-0.39, 0.29) is 11.8 Å². The fraction of sp³-hybridized carbons (Fsp3) is 0.545. The van der Waals surface area contributed by atoms with Crippen LogP contribution in [0.25, 0.3) is 0 Å². The summed E-state index contributed by atoms with van der Waals surface area (Å²) in [6, 6.07) is 1.39. The first-order valence-corrected chi connectivity index (χ1v) is 5.28. The van der Waals surface area contributed by atoms with Gasteiger partial charge in [-0.3, -0.25) is 4.79 Å². The maximum absolute atomic E-state index is 11.2. The lowest BCUT2D eigenvalue weighted by Crippen LogP contribution is -2.39. The molecular formula is C11H18N4O. The second-order valence-electron chi connectivity index (χ2n) is 4.21. The molecule has 1 atom stereocenters. The van der Waals surface area contributed by atoms with E-state index in [1.165, 1.54) is 0 Å². The van der Waals surface area contributed by atoms with Crippen LogP contribution in [0.1, 0.15) is 25.4 Å². The summed E-state index contributed by atoms with van der Waals surface area (Å²) in [6.45, 7) is 7.56. The van der Waals surface area contributed by atoms with E-state index < -0.39 is 6.04 Å². The quantitative estimate of drug-likeness (QED) is 0.796. The third-order valence-electron chi connectivity index (χ3n) is 2.24. The number of carbonyl (C=O) groups excluding carboxylic acids is 1. The van der Waals surface area contributed by atoms with Gasteiger partial charge < -0.3 is 11.1 Å². The largest absolute Gasteiger partial charge is 0.368 e. The number of nitrogens with one attached hydrogen (secondary N) is 1. The summed E-state index contributed by atoms with van der Waals surface area (Å²) in [5, 5.41) is 3.03. The zero-order chi connectivity index (χ0) is 12.3. The van der Waals surface area contributed by atoms with E-state index in [0.717, 1.165) is 5.69 Å². The lowest BCUT2D eigenvalue weighted by Gasteiger charge is -2.19. The van der Waals surface area contributed by atoms with Crippen molar-refractivity contribution in [1.29, 1.82) is 0 Å². The first-order chi connectivity index (χ1) is 7.40. The van der Waals surface area contributed by atoms with E-state index in [1.807, 2.05) is 27.7 Å². The zero-order valence-electron chi connectivity index (χ0n) is 10.1. The Hall–Kier alpha value is -1.65. The van der Waals surface area contributed by atoms with Crippen molar-refractivity contribution in [1.82, 2.24) is 9.97 Å². The van der Waals surface area contributed by atoms with Crippen molar-refractivity contribution in [2.75, 3.05) is 5.32 Å². The second kappa shape index (κ2) is 4.92. The molecule has 0 radical (unpaired) electrons. The van der Waals surface area contributed by atoms with Crippen LogP contribution in [0.2, 0.25) is 0 Å². The first-order valence-electron chi connectivity index (χ1n) is 5.28. The minimum atomic E-state index is -0.409. The molecule has 0 aliphatic heterocycles. The van der Waals surface area contributed by atoms with Crippen LogP contribution in [-0.2, 0) is 4.79 Å². The Morgan fingerprint density at radius 3 is 2.44 bits per heavy atom. The van der Waals surface area contributed by atoms with Crippen molar-refractivity contribution in [3.05, 3.63) is 17.6 Å². The molecule has 0 aromatic carbocycles. The molecule has 0 bridgehead atoms. The minimum absolute atomic E-state index is 0.119. The smallest absolute Gasteiger partial charge is 0.240 e. The number of nitrogens with zero attached hydrogens (tertiary/aromatic N) is 2. The standard InChI is InChI=1S/C11H18N4O/c1-6(2)10(11(12)16)15-9-5-7(3)13-8(4)14-9/h5-6,10H,1-4H3,(H2,12,16)(H,13,14,15). The number of amides is 1. The van der Waals surface area contributed by atoms with Crippen molar-refractivity contribution in [2.24, 2.45) is 11.7 Å². The molecule has 3 N–H and O–H groups in total. The number of aromatic nitrogens is 2. The lowest BCUT2D eigenvalue weighted by molar-refractivity contribution is -0.119. The van der Waals surface area contributed by atoms with Crippen molar-refractivity contribution >= 4 is 11.7 Å². The normalized spacial score (nSPS) is 12.6. The van der Waals surface area contributed by atoms with Gasteiger partial charge in [-0.15, -0.1) is 0 Å². The summed E-state index contributed by atoms with van der Waals surface area (Å²) >= 11 is 0. The van der Waals surface area contributed by atoms with Gasteiger partial charge in [0.1, 0.15) is 17.7 Å². The Bertz CT molecular complexity index is 369. The molecule has 1 aromatic rings. The fourth-order valence-corrected chi connectivity index (χ4v) is 1.52. The third kappa shape index (κ3) is 3.18. The van der Waals surface area contributed by atoms with Gasteiger partial charge in [0, 0.05) is 11.8 Å². The van der Waals surface area contributed by atoms with E-state index >= 15 is 0 Å². The van der Waals surface area contributed by atoms with Gasteiger partial charge in [-0.05, 0) is 19.8 Å². The van der Waals surface area contributed by atoms with Crippen LogP contribution in [0, 0.1) is 19.8 Å². The van der Waals surface area contributed by atoms with Crippen molar-refractivity contribution in [3.8, 4) is 0 Å². The van der Waals surface area contributed by atoms with E-state index in [1.54, 1.807) is 6.07 Å². The maximum atomic E-state index is 11.2. The van der Waals surface area contributed by atoms with Crippen LogP contribution in [0.3, 0.4) is 0 Å². The van der Waals surface area contributed by atoms with Crippen molar-refractivity contribution in [2.45, 2.75) is 33.7 Å². The molecule has 0 aliphatic carbocycles. The van der Waals surface area contributed by atoms with Crippen LogP contribution in [0.15, 0.2) is 6.07 Å². The van der Waals surface area contributed by atoms with Gasteiger partial charge in [0.15, 0.2) is 0 Å². The van der Waals surface area contributed by atoms with Gasteiger partial charge in [-0.1, -0.05) is 13.8 Å². The van der Waals surface area contributed by atoms with Crippen LogP contribution < -0.4 is 11.1 Å². The molecule has 16 heavy (non-hydrogen) atoms. The monoisotopic (exact) mass is 222 g/mol. The van der Waals surface area contributed by atoms with Gasteiger partial charge in [-0.2, -0.15) is 0 Å². The fourth-order valence-electron chi connectivity index (χ4n) is 1.52. The number of hydrogen-bond acceptors (Lipinski definition) is 4. The Kier molecular flexibility index (Phi) is 3.82. The number of rotatable bonds is 4. The molecule has 0 aliphatic rings. The minimum Gasteiger partial charge on any atom is -0.368 e. The zero-order valence-corrected chi connectivity index (χ0v) is 10.1. The average Bonchev–Trinajstić information content (AvgIpc) is 2.11. The number of aryl methyl sites for hydroxylation is 2. The molecule has 1 amide bonds. The Balaban J connectivity index is 2.89. The molecule has 1 aromatic heterocycles. The Morgan fingerprint density at radius 1 is 1.38 bits per heavy atom. The summed E-state index contributed by atoms with van der Waals surface area (Å²) in [4.78, 5) is 19.6. The Labute approximate surface area is 95.5 Å². The highest BCUT2D eigenvalue weighted by molar-refractivity contribution is 5.82. The van der Waals surface area contributed by atoms with E-state index in [2.05, 4.69) is 15.3 Å². The molecular weight excluding hydrogens is 204 g/mol. The summed E-state index contributed by atoms with van der Waals surface area (Å²) in [6.07, 6.45) is 0. The van der Waals surface area contributed by atoms with Gasteiger partial charge in [0.2, 0.25) is 5.91 Å². The molecule has 88 valence electrons. The van der Waals surface area contributed by atoms with E-state index in [0.29, 0.717) is 11.6 Å². The van der Waals surface area contributed by atoms with Gasteiger partial charge in [0.05, 0.1) is 0 Å². The summed E-state index contributed by atoms with van der Waals surface area (Å²) < 4.78 is 0. The van der Waals surface area contributed by atoms with E-state index in [4.69, 9.17) is 5.73 Å². The third-order valence-corrected chi connectivity index (χ3v) is 2.24. The number of nitrogens with two attached hydrogens (primary N) is 1. The molecule has 0 fully saturated rings. The summed E-state index contributed by atoms with van der Waals surface area (Å²) in [5.41, 5.74) is 6.18. The highest BCUT2D eigenvalue weighted by Gasteiger charge is 2.19. The van der Waals surface area contributed by atoms with Crippen LogP contribution in [0.4, 0.5) is 5.82 Å². The number of hydrogen-bond donors (Lipinski definition) is 2. The van der Waals surface area contributed by atoms with Crippen molar-refractivity contribution in [3.63, 3.8) is 0 Å². The second-order valence-corrected chi connectivity index (χ2v) is 4.21. The SMILES string of the molecule is Cc1cc(NC(C(N)=O)C(C)C)nc(C)n1. The number of anilines is 1. The number of primary amides is 1. The molecule has 0 spiro atoms. The van der Waals surface area contributed by atoms with E-state index in [9.17, 15) is 4.79 Å². The van der Waals surface area contributed by atoms with Gasteiger partial charge in [-0.25, -0.2) is 9.97 Å². The number of carbonyl (C=O) groups is 1. The summed E-state index contributed by atoms with van der Waals surface area (Å²) in [7, 11) is 0. The molecule has 5 nitrogen and oxygen atoms in total. The topological polar surface area (TPSA) is 80.9 Å². The highest BCUT2D eigenvalue weighted by Crippen LogP contribution is 2.11. The van der Waals surface area contributed by atoms with Crippen molar-refractivity contribution < 1.29 is 4.79 Å². The summed E-state index contributed by atoms with van der Waals surface area (Å²) in [5.74, 6) is 1.06. The molecule has 0 saturated heterocycles. The predicted molar refractivity (Wildman–Crippen MR) is 62.9 cm³/mol. The first kappa shape index (κ1) is 12.4. The van der Waals surface area contributed by atoms with Crippen LogP contribution in [-0.4, -0.2) is 21.9 Å². The van der Waals surface area contributed by atoms with Crippen LogP contribution >= 0.6 is 0 Å². The maximum Gasteiger partial charge on any atom is 0.240 e. The average molecular weight is 222 g/mol. The van der Waals surface area contributed by atoms with Crippen LogP contribution in [0.5, 0.6) is 0 Å². The van der Waals surface area contributed by atoms with Gasteiger partial charge >= 0.3 is 0 Å². The predicted octanol–water partition coefficient (Wildman–Crippen LogP) is 1.02. The molecule has 1 heterocycles.